The molecule has 116 valence electrons. The van der Waals surface area contributed by atoms with E-state index in [4.69, 9.17) is 5.26 Å². The lowest BCUT2D eigenvalue weighted by atomic mass is 10.2. The Morgan fingerprint density at radius 2 is 1.95 bits per heavy atom. The second kappa shape index (κ2) is 7.44. The number of hydrogen-bond donors (Lipinski definition) is 1. The van der Waals surface area contributed by atoms with Crippen molar-refractivity contribution in [2.24, 2.45) is 0 Å². The van der Waals surface area contributed by atoms with E-state index in [0.717, 1.165) is 37.1 Å². The molecule has 1 saturated heterocycles. The smallest absolute Gasteiger partial charge is 0.0992 e. The van der Waals surface area contributed by atoms with Crippen molar-refractivity contribution in [1.29, 1.82) is 5.26 Å². The summed E-state index contributed by atoms with van der Waals surface area (Å²) in [5.74, 6) is 0. The highest BCUT2D eigenvalue weighted by molar-refractivity contribution is 5.81. The summed E-state index contributed by atoms with van der Waals surface area (Å²) in [6.45, 7) is 6.86. The molecule has 2 aromatic rings. The van der Waals surface area contributed by atoms with Crippen LogP contribution in [0.1, 0.15) is 24.8 Å². The molecule has 1 fully saturated rings. The lowest BCUT2D eigenvalue weighted by Gasteiger charge is -2.14. The van der Waals surface area contributed by atoms with Crippen LogP contribution in [-0.2, 0) is 6.54 Å². The van der Waals surface area contributed by atoms with Gasteiger partial charge in [0.15, 0.2) is 0 Å². The van der Waals surface area contributed by atoms with E-state index in [2.05, 4.69) is 33.1 Å². The third-order valence-corrected chi connectivity index (χ3v) is 4.46. The van der Waals surface area contributed by atoms with E-state index in [1.807, 2.05) is 18.2 Å². The Hall–Kier alpha value is -1.83. The fraction of sp³-hybridized carbons (Fsp3) is 0.500. The summed E-state index contributed by atoms with van der Waals surface area (Å²) in [5, 5.41) is 13.8. The van der Waals surface area contributed by atoms with Crippen molar-refractivity contribution >= 4 is 10.9 Å². The number of nitrogens with one attached hydrogen (secondary N) is 1. The molecule has 1 aliphatic heterocycles. The zero-order chi connectivity index (χ0) is 15.2. The monoisotopic (exact) mass is 296 g/mol. The van der Waals surface area contributed by atoms with Crippen LogP contribution in [0.2, 0.25) is 0 Å². The predicted octanol–water partition coefficient (Wildman–Crippen LogP) is 2.59. The van der Waals surface area contributed by atoms with Crippen LogP contribution in [0.3, 0.4) is 0 Å². The highest BCUT2D eigenvalue weighted by Gasteiger charge is 2.09. The van der Waals surface area contributed by atoms with Gasteiger partial charge in [0, 0.05) is 31.3 Å². The molecule has 0 aliphatic carbocycles. The number of rotatable bonds is 7. The summed E-state index contributed by atoms with van der Waals surface area (Å²) in [6.07, 6.45) is 5.97. The van der Waals surface area contributed by atoms with E-state index in [-0.39, 0.29) is 0 Å². The second-order valence-electron chi connectivity index (χ2n) is 6.05. The molecule has 0 unspecified atom stereocenters. The van der Waals surface area contributed by atoms with Gasteiger partial charge in [-0.1, -0.05) is 6.07 Å². The fourth-order valence-electron chi connectivity index (χ4n) is 3.19. The van der Waals surface area contributed by atoms with Gasteiger partial charge in [-0.3, -0.25) is 0 Å². The number of nitrogens with zero attached hydrogens (tertiary/aromatic N) is 3. The molecule has 0 bridgehead atoms. The molecule has 0 spiro atoms. The van der Waals surface area contributed by atoms with Crippen molar-refractivity contribution in [1.82, 2.24) is 14.8 Å². The molecule has 0 saturated carbocycles. The maximum Gasteiger partial charge on any atom is 0.0992 e. The first-order valence-electron chi connectivity index (χ1n) is 8.29. The minimum absolute atomic E-state index is 0.733. The summed E-state index contributed by atoms with van der Waals surface area (Å²) in [5.41, 5.74) is 1.90. The van der Waals surface area contributed by atoms with Crippen molar-refractivity contribution in [2.45, 2.75) is 25.8 Å². The van der Waals surface area contributed by atoms with Crippen molar-refractivity contribution in [3.8, 4) is 6.07 Å². The summed E-state index contributed by atoms with van der Waals surface area (Å²) in [6, 6.07) is 10.2. The zero-order valence-corrected chi connectivity index (χ0v) is 13.1. The van der Waals surface area contributed by atoms with Gasteiger partial charge in [0.25, 0.3) is 0 Å². The summed E-state index contributed by atoms with van der Waals surface area (Å²) < 4.78 is 2.25. The minimum atomic E-state index is 0.733. The van der Waals surface area contributed by atoms with E-state index in [0.29, 0.717) is 0 Å². The average Bonchev–Trinajstić information content (AvgIpc) is 3.20. The van der Waals surface area contributed by atoms with Crippen molar-refractivity contribution in [3.05, 3.63) is 36.0 Å². The standard InChI is InChI=1S/C18H24N4/c19-15-16-4-5-17-6-12-22(18(17)14-16)11-3-7-20-8-13-21-9-1-2-10-21/h4-6,12,14,20H,1-3,7-11,13H2. The average molecular weight is 296 g/mol. The number of aryl methyl sites for hydroxylation is 1. The number of nitriles is 1. The Bertz CT molecular complexity index is 647. The molecule has 0 atom stereocenters. The van der Waals surface area contributed by atoms with Crippen LogP contribution < -0.4 is 5.32 Å². The van der Waals surface area contributed by atoms with Gasteiger partial charge in [-0.2, -0.15) is 5.26 Å². The topological polar surface area (TPSA) is 44.0 Å². The quantitative estimate of drug-likeness (QED) is 0.799. The Morgan fingerprint density at radius 3 is 2.77 bits per heavy atom. The molecule has 22 heavy (non-hydrogen) atoms. The number of hydrogen-bond acceptors (Lipinski definition) is 3. The number of likely N-dealkylation sites (tertiary alicyclic amines) is 1. The van der Waals surface area contributed by atoms with E-state index in [1.165, 1.54) is 37.9 Å². The summed E-state index contributed by atoms with van der Waals surface area (Å²) in [4.78, 5) is 2.54. The van der Waals surface area contributed by atoms with Crippen molar-refractivity contribution in [2.75, 3.05) is 32.7 Å². The van der Waals surface area contributed by atoms with Crippen molar-refractivity contribution < 1.29 is 0 Å². The Labute approximate surface area is 132 Å². The Morgan fingerprint density at radius 1 is 1.09 bits per heavy atom. The van der Waals surface area contributed by atoms with Crippen LogP contribution in [0.4, 0.5) is 0 Å². The van der Waals surface area contributed by atoms with Gasteiger partial charge in [-0.05, 0) is 62.5 Å². The lowest BCUT2D eigenvalue weighted by molar-refractivity contribution is 0.335. The first-order valence-corrected chi connectivity index (χ1v) is 8.29. The Kier molecular flexibility index (Phi) is 5.10. The molecule has 0 amide bonds. The number of fused-ring (bicyclic) bond motifs is 1. The van der Waals surface area contributed by atoms with Crippen LogP contribution in [0.5, 0.6) is 0 Å². The Balaban J connectivity index is 1.42. The zero-order valence-electron chi connectivity index (χ0n) is 13.1. The number of aromatic nitrogens is 1. The maximum atomic E-state index is 9.02. The third kappa shape index (κ3) is 3.68. The molecular formula is C18H24N4. The van der Waals surface area contributed by atoms with Crippen LogP contribution in [0.25, 0.3) is 10.9 Å². The van der Waals surface area contributed by atoms with Gasteiger partial charge >= 0.3 is 0 Å². The van der Waals surface area contributed by atoms with Crippen LogP contribution in [-0.4, -0.2) is 42.2 Å². The first-order chi connectivity index (χ1) is 10.9. The number of benzene rings is 1. The molecule has 0 radical (unpaired) electrons. The van der Waals surface area contributed by atoms with Crippen LogP contribution in [0.15, 0.2) is 30.5 Å². The van der Waals surface area contributed by atoms with Gasteiger partial charge in [0.05, 0.1) is 11.6 Å². The van der Waals surface area contributed by atoms with Crippen LogP contribution >= 0.6 is 0 Å². The molecule has 3 rings (SSSR count). The van der Waals surface area contributed by atoms with E-state index in [1.54, 1.807) is 0 Å². The highest BCUT2D eigenvalue weighted by atomic mass is 15.1. The summed E-state index contributed by atoms with van der Waals surface area (Å²) >= 11 is 0. The molecule has 1 aromatic carbocycles. The molecular weight excluding hydrogens is 272 g/mol. The minimum Gasteiger partial charge on any atom is -0.347 e. The lowest BCUT2D eigenvalue weighted by Crippen LogP contribution is -2.30. The molecule has 4 heteroatoms. The van der Waals surface area contributed by atoms with Gasteiger partial charge in [-0.25, -0.2) is 0 Å². The van der Waals surface area contributed by atoms with Gasteiger partial charge in [0.1, 0.15) is 0 Å². The van der Waals surface area contributed by atoms with Crippen molar-refractivity contribution in [3.63, 3.8) is 0 Å². The van der Waals surface area contributed by atoms with E-state index in [9.17, 15) is 0 Å². The second-order valence-corrected chi connectivity index (χ2v) is 6.05. The third-order valence-electron chi connectivity index (χ3n) is 4.46. The fourth-order valence-corrected chi connectivity index (χ4v) is 3.19. The normalized spacial score (nSPS) is 15.4. The molecule has 1 aromatic heterocycles. The molecule has 1 N–H and O–H groups in total. The van der Waals surface area contributed by atoms with E-state index >= 15 is 0 Å². The first kappa shape index (κ1) is 15.1. The van der Waals surface area contributed by atoms with Crippen LogP contribution in [0, 0.1) is 11.3 Å². The maximum absolute atomic E-state index is 9.02. The molecule has 2 heterocycles. The predicted molar refractivity (Wildman–Crippen MR) is 89.8 cm³/mol. The van der Waals surface area contributed by atoms with Gasteiger partial charge < -0.3 is 14.8 Å². The van der Waals surface area contributed by atoms with E-state index < -0.39 is 0 Å². The molecule has 4 nitrogen and oxygen atoms in total. The van der Waals surface area contributed by atoms with Gasteiger partial charge in [0.2, 0.25) is 0 Å². The SMILES string of the molecule is N#Cc1ccc2ccn(CCCNCCN3CCCC3)c2c1. The highest BCUT2D eigenvalue weighted by Crippen LogP contribution is 2.17. The van der Waals surface area contributed by atoms with Gasteiger partial charge in [-0.15, -0.1) is 0 Å². The summed E-state index contributed by atoms with van der Waals surface area (Å²) in [7, 11) is 0. The molecule has 1 aliphatic rings. The largest absolute Gasteiger partial charge is 0.347 e.